The zero-order chi connectivity index (χ0) is 10.6. The summed E-state index contributed by atoms with van der Waals surface area (Å²) in [6.07, 6.45) is 0.991. The fourth-order valence-corrected chi connectivity index (χ4v) is 2.26. The number of alkyl halides is 1. The van der Waals surface area contributed by atoms with E-state index in [2.05, 4.69) is 15.9 Å². The van der Waals surface area contributed by atoms with Gasteiger partial charge in [0.05, 0.1) is 5.56 Å². The number of aryl methyl sites for hydroxylation is 1. The molecule has 0 saturated carbocycles. The highest BCUT2D eigenvalue weighted by Gasteiger charge is 2.13. The zero-order valence-electron chi connectivity index (χ0n) is 8.42. The van der Waals surface area contributed by atoms with Gasteiger partial charge in [-0.2, -0.15) is 11.3 Å². The SMILES string of the molecule is Cc1cscc1C(=O)N(C)CCCBr. The predicted molar refractivity (Wildman–Crippen MR) is 64.4 cm³/mol. The van der Waals surface area contributed by atoms with Crippen LogP contribution in [0.15, 0.2) is 10.8 Å². The third-order valence-corrected chi connectivity index (χ3v) is 3.48. The first-order valence-corrected chi connectivity index (χ1v) is 6.57. The average Bonchev–Trinajstić information content (AvgIpc) is 2.59. The van der Waals surface area contributed by atoms with E-state index < -0.39 is 0 Å². The van der Waals surface area contributed by atoms with Crippen molar-refractivity contribution in [1.29, 1.82) is 0 Å². The van der Waals surface area contributed by atoms with Gasteiger partial charge in [-0.1, -0.05) is 15.9 Å². The summed E-state index contributed by atoms with van der Waals surface area (Å²) in [4.78, 5) is 13.6. The Balaban J connectivity index is 2.61. The van der Waals surface area contributed by atoms with Gasteiger partial charge in [-0.3, -0.25) is 4.79 Å². The molecule has 0 aromatic carbocycles. The maximum Gasteiger partial charge on any atom is 0.254 e. The summed E-state index contributed by atoms with van der Waals surface area (Å²) in [7, 11) is 1.85. The Morgan fingerprint density at radius 3 is 2.79 bits per heavy atom. The molecular weight excluding hydrogens is 262 g/mol. The molecule has 0 fully saturated rings. The van der Waals surface area contributed by atoms with Crippen LogP contribution in [0.25, 0.3) is 0 Å². The summed E-state index contributed by atoms with van der Waals surface area (Å²) in [5.74, 6) is 0.129. The molecule has 0 aliphatic rings. The quantitative estimate of drug-likeness (QED) is 0.774. The Labute approximate surface area is 97.1 Å². The second-order valence-electron chi connectivity index (χ2n) is 3.24. The molecule has 0 unspecified atom stereocenters. The van der Waals surface area contributed by atoms with E-state index >= 15 is 0 Å². The van der Waals surface area contributed by atoms with Crippen molar-refractivity contribution in [2.45, 2.75) is 13.3 Å². The van der Waals surface area contributed by atoms with Crippen LogP contribution in [0.3, 0.4) is 0 Å². The van der Waals surface area contributed by atoms with Gasteiger partial charge in [0.15, 0.2) is 0 Å². The molecular formula is C10H14BrNOS. The van der Waals surface area contributed by atoms with Crippen LogP contribution in [0.5, 0.6) is 0 Å². The summed E-state index contributed by atoms with van der Waals surface area (Å²) < 4.78 is 0. The van der Waals surface area contributed by atoms with Gasteiger partial charge in [-0.15, -0.1) is 0 Å². The molecule has 1 rings (SSSR count). The van der Waals surface area contributed by atoms with Crippen molar-refractivity contribution in [3.63, 3.8) is 0 Å². The lowest BCUT2D eigenvalue weighted by atomic mass is 10.2. The number of rotatable bonds is 4. The van der Waals surface area contributed by atoms with Crippen molar-refractivity contribution in [2.24, 2.45) is 0 Å². The first-order chi connectivity index (χ1) is 6.66. The number of carbonyl (C=O) groups is 1. The van der Waals surface area contributed by atoms with Crippen molar-refractivity contribution < 1.29 is 4.79 Å². The third-order valence-electron chi connectivity index (χ3n) is 2.06. The molecule has 78 valence electrons. The van der Waals surface area contributed by atoms with E-state index in [9.17, 15) is 4.79 Å². The van der Waals surface area contributed by atoms with Gasteiger partial charge in [0.25, 0.3) is 5.91 Å². The fraction of sp³-hybridized carbons (Fsp3) is 0.500. The summed E-state index contributed by atoms with van der Waals surface area (Å²) >= 11 is 4.93. The molecule has 1 amide bonds. The lowest BCUT2D eigenvalue weighted by molar-refractivity contribution is 0.0795. The topological polar surface area (TPSA) is 20.3 Å². The Kier molecular flexibility index (Phi) is 4.62. The van der Waals surface area contributed by atoms with Gasteiger partial charge >= 0.3 is 0 Å². The third kappa shape index (κ3) is 2.82. The van der Waals surface area contributed by atoms with Crippen molar-refractivity contribution in [3.8, 4) is 0 Å². The van der Waals surface area contributed by atoms with Gasteiger partial charge in [0.2, 0.25) is 0 Å². The largest absolute Gasteiger partial charge is 0.342 e. The van der Waals surface area contributed by atoms with E-state index in [-0.39, 0.29) is 5.91 Å². The van der Waals surface area contributed by atoms with Crippen molar-refractivity contribution >= 4 is 33.2 Å². The van der Waals surface area contributed by atoms with E-state index in [1.165, 1.54) is 0 Å². The van der Waals surface area contributed by atoms with E-state index in [1.54, 1.807) is 16.2 Å². The van der Waals surface area contributed by atoms with Crippen LogP contribution in [0.2, 0.25) is 0 Å². The highest BCUT2D eigenvalue weighted by molar-refractivity contribution is 9.09. The Morgan fingerprint density at radius 1 is 1.57 bits per heavy atom. The highest BCUT2D eigenvalue weighted by Crippen LogP contribution is 2.15. The van der Waals surface area contributed by atoms with Gasteiger partial charge < -0.3 is 4.90 Å². The number of halogens is 1. The standard InChI is InChI=1S/C10H14BrNOS/c1-8-6-14-7-9(8)10(13)12(2)5-3-4-11/h6-7H,3-5H2,1-2H3. The molecule has 0 spiro atoms. The Bertz CT molecular complexity index is 311. The van der Waals surface area contributed by atoms with Crippen LogP contribution in [-0.4, -0.2) is 29.7 Å². The molecule has 0 N–H and O–H groups in total. The number of hydrogen-bond acceptors (Lipinski definition) is 2. The van der Waals surface area contributed by atoms with Gasteiger partial charge in [0, 0.05) is 24.3 Å². The average molecular weight is 276 g/mol. The minimum absolute atomic E-state index is 0.129. The highest BCUT2D eigenvalue weighted by atomic mass is 79.9. The van der Waals surface area contributed by atoms with Crippen molar-refractivity contribution in [2.75, 3.05) is 18.9 Å². The smallest absolute Gasteiger partial charge is 0.254 e. The first kappa shape index (κ1) is 11.7. The molecule has 1 aromatic heterocycles. The molecule has 0 atom stereocenters. The molecule has 0 aliphatic heterocycles. The molecule has 14 heavy (non-hydrogen) atoms. The zero-order valence-corrected chi connectivity index (χ0v) is 10.8. The molecule has 4 heteroatoms. The van der Waals surface area contributed by atoms with Crippen LogP contribution >= 0.6 is 27.3 Å². The minimum Gasteiger partial charge on any atom is -0.342 e. The van der Waals surface area contributed by atoms with Crippen molar-refractivity contribution in [1.82, 2.24) is 4.90 Å². The minimum atomic E-state index is 0.129. The lowest BCUT2D eigenvalue weighted by Gasteiger charge is -2.16. The maximum absolute atomic E-state index is 11.8. The number of nitrogens with zero attached hydrogens (tertiary/aromatic N) is 1. The fourth-order valence-electron chi connectivity index (χ4n) is 1.18. The van der Waals surface area contributed by atoms with E-state index in [0.29, 0.717) is 0 Å². The van der Waals surface area contributed by atoms with E-state index in [1.807, 2.05) is 24.7 Å². The van der Waals surface area contributed by atoms with Gasteiger partial charge in [-0.05, 0) is 24.3 Å². The van der Waals surface area contributed by atoms with Crippen LogP contribution in [-0.2, 0) is 0 Å². The van der Waals surface area contributed by atoms with Crippen LogP contribution < -0.4 is 0 Å². The van der Waals surface area contributed by atoms with Gasteiger partial charge in [0.1, 0.15) is 0 Å². The second kappa shape index (κ2) is 5.51. The molecule has 1 aromatic rings. The maximum atomic E-state index is 11.8. The Hall–Kier alpha value is -0.350. The van der Waals surface area contributed by atoms with E-state index in [0.717, 1.165) is 29.4 Å². The normalized spacial score (nSPS) is 10.2. The summed E-state index contributed by atoms with van der Waals surface area (Å²) in [5.41, 5.74) is 1.91. The molecule has 2 nitrogen and oxygen atoms in total. The van der Waals surface area contributed by atoms with E-state index in [4.69, 9.17) is 0 Å². The van der Waals surface area contributed by atoms with Crippen LogP contribution in [0, 0.1) is 6.92 Å². The lowest BCUT2D eigenvalue weighted by Crippen LogP contribution is -2.28. The number of carbonyl (C=O) groups excluding carboxylic acids is 1. The molecule has 0 aliphatic carbocycles. The summed E-state index contributed by atoms with van der Waals surface area (Å²) in [5, 5.41) is 4.86. The summed E-state index contributed by atoms with van der Waals surface area (Å²) in [6.45, 7) is 2.78. The molecule has 0 bridgehead atoms. The van der Waals surface area contributed by atoms with Crippen LogP contribution in [0.4, 0.5) is 0 Å². The first-order valence-electron chi connectivity index (χ1n) is 4.51. The number of hydrogen-bond donors (Lipinski definition) is 0. The molecule has 1 heterocycles. The van der Waals surface area contributed by atoms with Gasteiger partial charge in [-0.25, -0.2) is 0 Å². The van der Waals surface area contributed by atoms with Crippen LogP contribution in [0.1, 0.15) is 22.3 Å². The molecule has 0 radical (unpaired) electrons. The monoisotopic (exact) mass is 275 g/mol. The van der Waals surface area contributed by atoms with Crippen molar-refractivity contribution in [3.05, 3.63) is 21.9 Å². The number of amides is 1. The predicted octanol–water partition coefficient (Wildman–Crippen LogP) is 2.91. The molecule has 0 saturated heterocycles. The Morgan fingerprint density at radius 2 is 2.29 bits per heavy atom. The second-order valence-corrected chi connectivity index (χ2v) is 4.77. The number of thiophene rings is 1. The summed E-state index contributed by atoms with van der Waals surface area (Å²) in [6, 6.07) is 0.